The maximum absolute atomic E-state index is 12.0. The van der Waals surface area contributed by atoms with Crippen molar-refractivity contribution in [3.63, 3.8) is 0 Å². The van der Waals surface area contributed by atoms with E-state index in [2.05, 4.69) is 10.0 Å². The van der Waals surface area contributed by atoms with Crippen LogP contribution in [-0.4, -0.2) is 70.4 Å². The van der Waals surface area contributed by atoms with E-state index in [1.54, 1.807) is 4.90 Å². The molecule has 22 heavy (non-hydrogen) atoms. The van der Waals surface area contributed by atoms with Gasteiger partial charge in [0.05, 0.1) is 25.0 Å². The number of rotatable bonds is 8. The first kappa shape index (κ1) is 21.6. The Hall–Kier alpha value is -0.410. The smallest absolute Gasteiger partial charge is 0.237 e. The normalized spacial score (nSPS) is 19.1. The summed E-state index contributed by atoms with van der Waals surface area (Å²) < 4.78 is 31.0. The molecule has 0 bridgehead atoms. The second-order valence-electron chi connectivity index (χ2n) is 5.53. The summed E-state index contributed by atoms with van der Waals surface area (Å²) in [6, 6.07) is 0.291. The quantitative estimate of drug-likeness (QED) is 0.636. The van der Waals surface area contributed by atoms with Crippen molar-refractivity contribution < 1.29 is 17.9 Å². The van der Waals surface area contributed by atoms with Crippen molar-refractivity contribution in [3.05, 3.63) is 0 Å². The van der Waals surface area contributed by atoms with E-state index < -0.39 is 10.0 Å². The van der Waals surface area contributed by atoms with Crippen molar-refractivity contribution >= 4 is 28.3 Å². The fourth-order valence-corrected chi connectivity index (χ4v) is 2.99. The average Bonchev–Trinajstić information content (AvgIpc) is 2.44. The minimum Gasteiger partial charge on any atom is -0.378 e. The van der Waals surface area contributed by atoms with Crippen LogP contribution in [0.15, 0.2) is 0 Å². The third kappa shape index (κ3) is 8.28. The molecule has 1 unspecified atom stereocenters. The molecule has 1 saturated heterocycles. The molecule has 1 atom stereocenters. The van der Waals surface area contributed by atoms with Crippen LogP contribution in [0.5, 0.6) is 0 Å². The van der Waals surface area contributed by atoms with Gasteiger partial charge in [0.25, 0.3) is 0 Å². The van der Waals surface area contributed by atoms with Crippen molar-refractivity contribution in [2.24, 2.45) is 0 Å². The minimum absolute atomic E-state index is 0. The predicted octanol–water partition coefficient (Wildman–Crippen LogP) is -0.0370. The lowest BCUT2D eigenvalue weighted by atomic mass is 10.1. The van der Waals surface area contributed by atoms with Crippen molar-refractivity contribution in [2.75, 3.05) is 39.0 Å². The van der Waals surface area contributed by atoms with Gasteiger partial charge in [0, 0.05) is 19.1 Å². The number of hydrogen-bond acceptors (Lipinski definition) is 5. The maximum atomic E-state index is 12.0. The number of likely N-dealkylation sites (tertiary alicyclic amines) is 1. The van der Waals surface area contributed by atoms with Crippen LogP contribution in [0.25, 0.3) is 0 Å². The Morgan fingerprint density at radius 3 is 2.68 bits per heavy atom. The Labute approximate surface area is 139 Å². The van der Waals surface area contributed by atoms with Gasteiger partial charge in [-0.25, -0.2) is 13.1 Å². The lowest BCUT2D eigenvalue weighted by Gasteiger charge is -2.32. The number of halogens is 1. The number of carbonyl (C=O) groups is 1. The second-order valence-corrected chi connectivity index (χ2v) is 7.45. The fraction of sp³-hybridized carbons (Fsp3) is 0.923. The molecule has 0 aromatic rings. The van der Waals surface area contributed by atoms with Crippen LogP contribution in [0.2, 0.25) is 0 Å². The molecule has 1 amide bonds. The zero-order chi connectivity index (χ0) is 15.9. The molecule has 1 fully saturated rings. The van der Waals surface area contributed by atoms with Crippen LogP contribution in [0.1, 0.15) is 26.7 Å². The summed E-state index contributed by atoms with van der Waals surface area (Å²) in [6.07, 6.45) is 1.97. The van der Waals surface area contributed by atoms with Crippen LogP contribution < -0.4 is 10.0 Å². The monoisotopic (exact) mass is 357 g/mol. The zero-order valence-electron chi connectivity index (χ0n) is 13.5. The van der Waals surface area contributed by atoms with Gasteiger partial charge in [0.1, 0.15) is 0 Å². The van der Waals surface area contributed by atoms with Crippen LogP contribution >= 0.6 is 12.4 Å². The second kappa shape index (κ2) is 10.4. The molecule has 0 spiro atoms. The number of piperidine rings is 1. The molecule has 1 heterocycles. The van der Waals surface area contributed by atoms with Gasteiger partial charge in [0.15, 0.2) is 0 Å². The molecule has 0 saturated carbocycles. The van der Waals surface area contributed by atoms with Crippen LogP contribution in [0.3, 0.4) is 0 Å². The molecule has 9 heteroatoms. The molecule has 0 aromatic carbocycles. The summed E-state index contributed by atoms with van der Waals surface area (Å²) in [5.74, 6) is -0.305. The number of nitrogens with one attached hydrogen (secondary N) is 2. The van der Waals surface area contributed by atoms with E-state index in [4.69, 9.17) is 4.74 Å². The summed E-state index contributed by atoms with van der Waals surface area (Å²) in [5, 5.41) is 3.15. The highest BCUT2D eigenvalue weighted by Gasteiger charge is 2.23. The number of likely N-dealkylation sites (N-methyl/N-ethyl adjacent to an activating group) is 1. The molecule has 0 radical (unpaired) electrons. The Morgan fingerprint density at radius 2 is 2.09 bits per heavy atom. The molecule has 1 aliphatic rings. The first-order valence-corrected chi connectivity index (χ1v) is 9.03. The van der Waals surface area contributed by atoms with Gasteiger partial charge in [-0.15, -0.1) is 12.4 Å². The van der Waals surface area contributed by atoms with Gasteiger partial charge in [-0.3, -0.25) is 4.79 Å². The highest BCUT2D eigenvalue weighted by atomic mass is 35.5. The number of carbonyl (C=O) groups excluding carboxylic acids is 1. The molecule has 132 valence electrons. The van der Waals surface area contributed by atoms with Gasteiger partial charge in [-0.05, 0) is 33.7 Å². The number of sulfonamides is 1. The van der Waals surface area contributed by atoms with Gasteiger partial charge >= 0.3 is 0 Å². The SMILES string of the molecule is CNC1CCCN(C(=O)CNS(=O)(=O)CCOC(C)C)C1.Cl. The molecule has 1 rings (SSSR count). The topological polar surface area (TPSA) is 87.7 Å². The van der Waals surface area contributed by atoms with Gasteiger partial charge < -0.3 is 15.0 Å². The van der Waals surface area contributed by atoms with Gasteiger partial charge in [-0.2, -0.15) is 0 Å². The van der Waals surface area contributed by atoms with Gasteiger partial charge in [0.2, 0.25) is 15.9 Å². The maximum Gasteiger partial charge on any atom is 0.237 e. The minimum atomic E-state index is -3.47. The van der Waals surface area contributed by atoms with Crippen molar-refractivity contribution in [1.82, 2.24) is 14.9 Å². The van der Waals surface area contributed by atoms with Crippen molar-refractivity contribution in [3.8, 4) is 0 Å². The molecular weight excluding hydrogens is 330 g/mol. The lowest BCUT2D eigenvalue weighted by molar-refractivity contribution is -0.131. The number of hydrogen-bond donors (Lipinski definition) is 2. The standard InChI is InChI=1S/C13H27N3O4S.ClH/c1-11(2)20-7-8-21(18,19)15-9-13(17)16-6-4-5-12(10-16)14-3;/h11-12,14-15H,4-10H2,1-3H3;1H. The summed E-state index contributed by atoms with van der Waals surface area (Å²) >= 11 is 0. The summed E-state index contributed by atoms with van der Waals surface area (Å²) in [4.78, 5) is 13.7. The van der Waals surface area contributed by atoms with E-state index in [-0.39, 0.29) is 43.3 Å². The first-order valence-electron chi connectivity index (χ1n) is 7.38. The Morgan fingerprint density at radius 1 is 1.41 bits per heavy atom. The Balaban J connectivity index is 0.00000441. The molecule has 0 aliphatic carbocycles. The first-order chi connectivity index (χ1) is 9.84. The third-order valence-corrected chi connectivity index (χ3v) is 4.72. The highest BCUT2D eigenvalue weighted by Crippen LogP contribution is 2.09. The van der Waals surface area contributed by atoms with E-state index in [0.717, 1.165) is 12.8 Å². The van der Waals surface area contributed by atoms with E-state index in [9.17, 15) is 13.2 Å². The third-order valence-electron chi connectivity index (χ3n) is 3.43. The fourth-order valence-electron chi connectivity index (χ4n) is 2.19. The van der Waals surface area contributed by atoms with Crippen molar-refractivity contribution in [2.45, 2.75) is 38.8 Å². The predicted molar refractivity (Wildman–Crippen MR) is 88.8 cm³/mol. The van der Waals surface area contributed by atoms with E-state index in [1.807, 2.05) is 20.9 Å². The van der Waals surface area contributed by atoms with Crippen molar-refractivity contribution in [1.29, 1.82) is 0 Å². The van der Waals surface area contributed by atoms with E-state index in [0.29, 0.717) is 19.1 Å². The van der Waals surface area contributed by atoms with E-state index in [1.165, 1.54) is 0 Å². The molecule has 1 aliphatic heterocycles. The number of nitrogens with zero attached hydrogens (tertiary/aromatic N) is 1. The lowest BCUT2D eigenvalue weighted by Crippen LogP contribution is -2.50. The highest BCUT2D eigenvalue weighted by molar-refractivity contribution is 7.89. The van der Waals surface area contributed by atoms with Gasteiger partial charge in [-0.1, -0.05) is 0 Å². The largest absolute Gasteiger partial charge is 0.378 e. The Bertz CT molecular complexity index is 431. The summed E-state index contributed by atoms with van der Waals surface area (Å²) in [6.45, 7) is 4.96. The van der Waals surface area contributed by atoms with Crippen LogP contribution in [-0.2, 0) is 19.6 Å². The van der Waals surface area contributed by atoms with Crippen LogP contribution in [0, 0.1) is 0 Å². The molecular formula is C13H28ClN3O4S. The average molecular weight is 358 g/mol. The Kier molecular flexibility index (Phi) is 10.2. The molecule has 2 N–H and O–H groups in total. The van der Waals surface area contributed by atoms with Crippen LogP contribution in [0.4, 0.5) is 0 Å². The number of ether oxygens (including phenoxy) is 1. The summed E-state index contributed by atoms with van der Waals surface area (Å²) in [7, 11) is -1.60. The summed E-state index contributed by atoms with van der Waals surface area (Å²) in [5.41, 5.74) is 0. The number of amides is 1. The van der Waals surface area contributed by atoms with E-state index >= 15 is 0 Å². The zero-order valence-corrected chi connectivity index (χ0v) is 15.1. The molecule has 7 nitrogen and oxygen atoms in total. The molecule has 0 aromatic heterocycles.